The maximum atomic E-state index is 9.09. The molecule has 0 aromatic carbocycles. The third-order valence-corrected chi connectivity index (χ3v) is 3.84. The van der Waals surface area contributed by atoms with Gasteiger partial charge < -0.3 is 10.8 Å². The van der Waals surface area contributed by atoms with Crippen LogP contribution in [0.15, 0.2) is 17.5 Å². The van der Waals surface area contributed by atoms with E-state index in [9.17, 15) is 0 Å². The lowest BCUT2D eigenvalue weighted by Crippen LogP contribution is -2.41. The molecule has 0 aliphatic carbocycles. The maximum absolute atomic E-state index is 9.09. The molecule has 16 heavy (non-hydrogen) atoms. The molecule has 4 heteroatoms. The minimum absolute atomic E-state index is 0.130. The summed E-state index contributed by atoms with van der Waals surface area (Å²) in [7, 11) is 0. The summed E-state index contributed by atoms with van der Waals surface area (Å²) in [5.74, 6) is 0. The van der Waals surface area contributed by atoms with Gasteiger partial charge in [-0.15, -0.1) is 11.3 Å². The van der Waals surface area contributed by atoms with E-state index in [1.807, 2.05) is 0 Å². The molecule has 0 aliphatic heterocycles. The molecule has 92 valence electrons. The predicted molar refractivity (Wildman–Crippen MR) is 69.7 cm³/mol. The average Bonchev–Trinajstić information content (AvgIpc) is 2.81. The molecule has 0 radical (unpaired) electrons. The second-order valence-corrected chi connectivity index (χ2v) is 4.86. The fraction of sp³-hybridized carbons (Fsp3) is 0.667. The lowest BCUT2D eigenvalue weighted by molar-refractivity contribution is 0.140. The Hall–Kier alpha value is -0.420. The molecule has 3 nitrogen and oxygen atoms in total. The molecular formula is C12H22N2OS. The van der Waals surface area contributed by atoms with E-state index in [0.29, 0.717) is 6.54 Å². The van der Waals surface area contributed by atoms with Crippen LogP contribution in [0.25, 0.3) is 0 Å². The number of nitrogens with zero attached hydrogens (tertiary/aromatic N) is 1. The van der Waals surface area contributed by atoms with Crippen LogP contribution < -0.4 is 5.73 Å². The van der Waals surface area contributed by atoms with Crippen molar-refractivity contribution in [3.8, 4) is 0 Å². The quantitative estimate of drug-likeness (QED) is 0.767. The molecule has 1 aromatic heterocycles. The summed E-state index contributed by atoms with van der Waals surface area (Å²) in [6.07, 6.45) is 0.949. The van der Waals surface area contributed by atoms with Crippen molar-refractivity contribution in [1.82, 2.24) is 4.90 Å². The second kappa shape index (κ2) is 7.01. The first-order valence-electron chi connectivity index (χ1n) is 5.88. The van der Waals surface area contributed by atoms with Crippen LogP contribution in [0.4, 0.5) is 0 Å². The topological polar surface area (TPSA) is 49.5 Å². The highest BCUT2D eigenvalue weighted by atomic mass is 32.1. The van der Waals surface area contributed by atoms with Gasteiger partial charge in [-0.25, -0.2) is 0 Å². The molecule has 0 saturated carbocycles. The van der Waals surface area contributed by atoms with Crippen LogP contribution in [-0.4, -0.2) is 35.7 Å². The van der Waals surface area contributed by atoms with Crippen molar-refractivity contribution in [2.24, 2.45) is 5.73 Å². The molecule has 3 N–H and O–H groups in total. The molecule has 0 aliphatic rings. The minimum atomic E-state index is 0.130. The molecule has 1 aromatic rings. The summed E-state index contributed by atoms with van der Waals surface area (Å²) in [4.78, 5) is 3.55. The summed E-state index contributed by atoms with van der Waals surface area (Å²) in [6, 6.07) is 4.56. The van der Waals surface area contributed by atoms with Crippen LogP contribution in [0.1, 0.15) is 31.2 Å². The molecule has 1 heterocycles. The van der Waals surface area contributed by atoms with Gasteiger partial charge in [0.1, 0.15) is 0 Å². The number of likely N-dealkylation sites (N-methyl/N-ethyl adjacent to an activating group) is 1. The number of hydrogen-bond acceptors (Lipinski definition) is 4. The molecule has 2 unspecified atom stereocenters. The van der Waals surface area contributed by atoms with Crippen molar-refractivity contribution >= 4 is 11.3 Å². The summed E-state index contributed by atoms with van der Waals surface area (Å²) >= 11 is 1.74. The van der Waals surface area contributed by atoms with E-state index in [0.717, 1.165) is 13.0 Å². The highest BCUT2D eigenvalue weighted by Gasteiger charge is 2.24. The van der Waals surface area contributed by atoms with Gasteiger partial charge in [0.15, 0.2) is 0 Å². The fourth-order valence-electron chi connectivity index (χ4n) is 1.97. The molecule has 0 saturated heterocycles. The number of rotatable bonds is 7. The summed E-state index contributed by atoms with van der Waals surface area (Å²) in [6.45, 7) is 6.01. The average molecular weight is 242 g/mol. The van der Waals surface area contributed by atoms with Gasteiger partial charge >= 0.3 is 0 Å². The highest BCUT2D eigenvalue weighted by molar-refractivity contribution is 7.10. The SMILES string of the molecule is CCC(N)C(c1cccs1)N(CC)CCO. The fourth-order valence-corrected chi connectivity index (χ4v) is 2.90. The van der Waals surface area contributed by atoms with E-state index < -0.39 is 0 Å². The first-order valence-corrected chi connectivity index (χ1v) is 6.76. The van der Waals surface area contributed by atoms with Crippen molar-refractivity contribution in [1.29, 1.82) is 0 Å². The molecular weight excluding hydrogens is 220 g/mol. The largest absolute Gasteiger partial charge is 0.395 e. The molecule has 0 amide bonds. The van der Waals surface area contributed by atoms with Crippen molar-refractivity contribution in [3.05, 3.63) is 22.4 Å². The zero-order valence-corrected chi connectivity index (χ0v) is 10.9. The molecule has 0 fully saturated rings. The van der Waals surface area contributed by atoms with Crippen LogP contribution in [0.5, 0.6) is 0 Å². The third kappa shape index (κ3) is 3.28. The number of thiophene rings is 1. The summed E-state index contributed by atoms with van der Waals surface area (Å²) < 4.78 is 0. The van der Waals surface area contributed by atoms with Crippen molar-refractivity contribution in [2.75, 3.05) is 19.7 Å². The Morgan fingerprint density at radius 3 is 2.69 bits per heavy atom. The van der Waals surface area contributed by atoms with Crippen LogP contribution in [0.2, 0.25) is 0 Å². The van der Waals surface area contributed by atoms with Crippen LogP contribution >= 0.6 is 11.3 Å². The normalized spacial score (nSPS) is 15.3. The number of aliphatic hydroxyl groups is 1. The van der Waals surface area contributed by atoms with Crippen LogP contribution in [0.3, 0.4) is 0 Å². The van der Waals surface area contributed by atoms with E-state index in [1.165, 1.54) is 4.88 Å². The van der Waals surface area contributed by atoms with Gasteiger partial charge in [0.2, 0.25) is 0 Å². The smallest absolute Gasteiger partial charge is 0.0594 e. The van der Waals surface area contributed by atoms with E-state index >= 15 is 0 Å². The molecule has 2 atom stereocenters. The minimum Gasteiger partial charge on any atom is -0.395 e. The second-order valence-electron chi connectivity index (χ2n) is 3.88. The van der Waals surface area contributed by atoms with Gasteiger partial charge in [0.25, 0.3) is 0 Å². The maximum Gasteiger partial charge on any atom is 0.0594 e. The Kier molecular flexibility index (Phi) is 5.98. The first kappa shape index (κ1) is 13.6. The highest BCUT2D eigenvalue weighted by Crippen LogP contribution is 2.28. The summed E-state index contributed by atoms with van der Waals surface area (Å²) in [5.41, 5.74) is 6.20. The summed E-state index contributed by atoms with van der Waals surface area (Å²) in [5, 5.41) is 11.2. The third-order valence-electron chi connectivity index (χ3n) is 2.90. The number of nitrogens with two attached hydrogens (primary N) is 1. The van der Waals surface area contributed by atoms with Gasteiger partial charge in [-0.05, 0) is 24.4 Å². The Balaban J connectivity index is 2.85. The van der Waals surface area contributed by atoms with Gasteiger partial charge in [-0.2, -0.15) is 0 Å². The lowest BCUT2D eigenvalue weighted by Gasteiger charge is -2.33. The first-order chi connectivity index (χ1) is 7.74. The van der Waals surface area contributed by atoms with Crippen molar-refractivity contribution in [3.63, 3.8) is 0 Å². The van der Waals surface area contributed by atoms with Crippen molar-refractivity contribution in [2.45, 2.75) is 32.4 Å². The molecule has 0 bridgehead atoms. The van der Waals surface area contributed by atoms with Gasteiger partial charge in [-0.3, -0.25) is 4.90 Å². The van der Waals surface area contributed by atoms with Gasteiger partial charge in [0, 0.05) is 17.5 Å². The standard InChI is InChI=1S/C12H22N2OS/c1-3-10(13)12(11-6-5-9-16-11)14(4-2)7-8-15/h5-6,9-10,12,15H,3-4,7-8,13H2,1-2H3. The lowest BCUT2D eigenvalue weighted by atomic mass is 10.0. The zero-order valence-electron chi connectivity index (χ0n) is 10.1. The monoisotopic (exact) mass is 242 g/mol. The Morgan fingerprint density at radius 1 is 1.50 bits per heavy atom. The van der Waals surface area contributed by atoms with E-state index in [4.69, 9.17) is 10.8 Å². The van der Waals surface area contributed by atoms with Gasteiger partial charge in [0.05, 0.1) is 12.6 Å². The Labute approximate surface area is 102 Å². The number of hydrogen-bond donors (Lipinski definition) is 2. The Morgan fingerprint density at radius 2 is 2.25 bits per heavy atom. The number of aliphatic hydroxyl groups excluding tert-OH is 1. The van der Waals surface area contributed by atoms with Crippen LogP contribution in [-0.2, 0) is 0 Å². The van der Waals surface area contributed by atoms with E-state index in [-0.39, 0.29) is 18.7 Å². The molecule has 0 spiro atoms. The molecule has 1 rings (SSSR count). The Bertz CT molecular complexity index is 277. The zero-order chi connectivity index (χ0) is 12.0. The van der Waals surface area contributed by atoms with Gasteiger partial charge in [-0.1, -0.05) is 19.9 Å². The van der Waals surface area contributed by atoms with Crippen molar-refractivity contribution < 1.29 is 5.11 Å². The van der Waals surface area contributed by atoms with Crippen LogP contribution in [0, 0.1) is 0 Å². The predicted octanol–water partition coefficient (Wildman–Crippen LogP) is 1.84. The van der Waals surface area contributed by atoms with E-state index in [1.54, 1.807) is 11.3 Å². The van der Waals surface area contributed by atoms with E-state index in [2.05, 4.69) is 36.3 Å².